The number of para-hydroxylation sites is 1. The molecule has 2 nitrogen and oxygen atoms in total. The van der Waals surface area contributed by atoms with Crippen LogP contribution >= 0.6 is 0 Å². The number of halogens is 3. The first kappa shape index (κ1) is 19.8. The molecule has 3 rings (SSSR count). The highest BCUT2D eigenvalue weighted by Crippen LogP contribution is 2.32. The standard InChI is InChI=1S/C23H22F3NO/c1-27(20-10-6-3-7-11-20)17-16-22(18-8-4-2-5-9-18)28-21-14-12-19(13-15-21)23(24,25)26/h2-15,22H,16-17H2,1H3. The van der Waals surface area contributed by atoms with E-state index >= 15 is 0 Å². The molecule has 3 aromatic rings. The molecule has 0 radical (unpaired) electrons. The average molecular weight is 385 g/mol. The minimum absolute atomic E-state index is 0.260. The van der Waals surface area contributed by atoms with E-state index in [0.29, 0.717) is 12.2 Å². The van der Waals surface area contributed by atoms with Crippen molar-refractivity contribution in [3.63, 3.8) is 0 Å². The van der Waals surface area contributed by atoms with Gasteiger partial charge in [-0.1, -0.05) is 48.5 Å². The summed E-state index contributed by atoms with van der Waals surface area (Å²) in [4.78, 5) is 2.13. The molecular weight excluding hydrogens is 363 g/mol. The second-order valence-corrected chi connectivity index (χ2v) is 6.59. The smallest absolute Gasteiger partial charge is 0.416 e. The van der Waals surface area contributed by atoms with Crippen LogP contribution in [-0.4, -0.2) is 13.6 Å². The van der Waals surface area contributed by atoms with E-state index < -0.39 is 11.7 Å². The molecule has 3 aromatic carbocycles. The summed E-state index contributed by atoms with van der Waals surface area (Å²) in [5.74, 6) is 0.421. The monoisotopic (exact) mass is 385 g/mol. The van der Waals surface area contributed by atoms with Crippen LogP contribution in [0.1, 0.15) is 23.7 Å². The zero-order chi connectivity index (χ0) is 20.0. The van der Waals surface area contributed by atoms with E-state index in [2.05, 4.69) is 4.90 Å². The highest BCUT2D eigenvalue weighted by molar-refractivity contribution is 5.45. The van der Waals surface area contributed by atoms with Crippen LogP contribution in [0.25, 0.3) is 0 Å². The minimum Gasteiger partial charge on any atom is -0.486 e. The normalized spacial score (nSPS) is 12.4. The van der Waals surface area contributed by atoms with E-state index in [-0.39, 0.29) is 6.10 Å². The molecular formula is C23H22F3NO. The van der Waals surface area contributed by atoms with E-state index in [9.17, 15) is 13.2 Å². The van der Waals surface area contributed by atoms with Gasteiger partial charge in [-0.15, -0.1) is 0 Å². The quantitative estimate of drug-likeness (QED) is 0.470. The van der Waals surface area contributed by atoms with Gasteiger partial charge < -0.3 is 9.64 Å². The van der Waals surface area contributed by atoms with Crippen LogP contribution in [-0.2, 0) is 6.18 Å². The van der Waals surface area contributed by atoms with E-state index in [1.165, 1.54) is 12.1 Å². The Morgan fingerprint density at radius 2 is 1.39 bits per heavy atom. The van der Waals surface area contributed by atoms with Gasteiger partial charge in [-0.2, -0.15) is 13.2 Å². The third-order valence-corrected chi connectivity index (χ3v) is 4.56. The summed E-state index contributed by atoms with van der Waals surface area (Å²) in [5, 5.41) is 0. The van der Waals surface area contributed by atoms with Gasteiger partial charge in [0.25, 0.3) is 0 Å². The van der Waals surface area contributed by atoms with E-state index in [4.69, 9.17) is 4.74 Å². The molecule has 5 heteroatoms. The Bertz CT molecular complexity index is 849. The highest BCUT2D eigenvalue weighted by Gasteiger charge is 2.30. The number of hydrogen-bond donors (Lipinski definition) is 0. The molecule has 28 heavy (non-hydrogen) atoms. The average Bonchev–Trinajstić information content (AvgIpc) is 2.72. The number of alkyl halides is 3. The molecule has 0 aliphatic heterocycles. The van der Waals surface area contributed by atoms with Crippen molar-refractivity contribution in [3.8, 4) is 5.75 Å². The van der Waals surface area contributed by atoms with Gasteiger partial charge in [-0.3, -0.25) is 0 Å². The molecule has 0 aromatic heterocycles. The van der Waals surface area contributed by atoms with Crippen molar-refractivity contribution < 1.29 is 17.9 Å². The van der Waals surface area contributed by atoms with Gasteiger partial charge in [0.1, 0.15) is 11.9 Å². The first-order valence-electron chi connectivity index (χ1n) is 9.08. The zero-order valence-electron chi connectivity index (χ0n) is 15.6. The molecule has 0 spiro atoms. The number of benzene rings is 3. The molecule has 0 saturated heterocycles. The van der Waals surface area contributed by atoms with Crippen molar-refractivity contribution in [1.82, 2.24) is 0 Å². The summed E-state index contributed by atoms with van der Waals surface area (Å²) in [5.41, 5.74) is 1.41. The SMILES string of the molecule is CN(CCC(Oc1ccc(C(F)(F)F)cc1)c1ccccc1)c1ccccc1. The van der Waals surface area contributed by atoms with Gasteiger partial charge in [-0.05, 0) is 42.0 Å². The fourth-order valence-electron chi connectivity index (χ4n) is 2.97. The summed E-state index contributed by atoms with van der Waals surface area (Å²) in [6.45, 7) is 0.740. The van der Waals surface area contributed by atoms with Gasteiger partial charge in [0, 0.05) is 25.7 Å². The molecule has 146 valence electrons. The molecule has 1 unspecified atom stereocenters. The fraction of sp³-hybridized carbons (Fsp3) is 0.217. The maximum absolute atomic E-state index is 12.8. The molecule has 0 aliphatic carbocycles. The first-order chi connectivity index (χ1) is 13.4. The summed E-state index contributed by atoms with van der Waals surface area (Å²) in [7, 11) is 2.01. The van der Waals surface area contributed by atoms with Crippen molar-refractivity contribution in [1.29, 1.82) is 0 Å². The number of nitrogens with zero attached hydrogens (tertiary/aromatic N) is 1. The third-order valence-electron chi connectivity index (χ3n) is 4.56. The predicted molar refractivity (Wildman–Crippen MR) is 106 cm³/mol. The van der Waals surface area contributed by atoms with E-state index in [0.717, 1.165) is 29.9 Å². The molecule has 1 atom stereocenters. The Hall–Kier alpha value is -2.95. The molecule has 0 bridgehead atoms. The van der Waals surface area contributed by atoms with Crippen LogP contribution in [0.5, 0.6) is 5.75 Å². The van der Waals surface area contributed by atoms with Crippen molar-refractivity contribution in [2.24, 2.45) is 0 Å². The third kappa shape index (κ3) is 5.28. The highest BCUT2D eigenvalue weighted by atomic mass is 19.4. The Morgan fingerprint density at radius 1 is 0.821 bits per heavy atom. The van der Waals surface area contributed by atoms with Crippen molar-refractivity contribution in [2.45, 2.75) is 18.7 Å². The zero-order valence-corrected chi connectivity index (χ0v) is 15.6. The lowest BCUT2D eigenvalue weighted by Crippen LogP contribution is -2.22. The Kier molecular flexibility index (Phi) is 6.24. The summed E-state index contributed by atoms with van der Waals surface area (Å²) >= 11 is 0. The first-order valence-corrected chi connectivity index (χ1v) is 9.08. The lowest BCUT2D eigenvalue weighted by atomic mass is 10.1. The molecule has 0 heterocycles. The lowest BCUT2D eigenvalue weighted by molar-refractivity contribution is -0.137. The summed E-state index contributed by atoms with van der Waals surface area (Å²) in [6.07, 6.45) is -3.92. The van der Waals surface area contributed by atoms with Crippen LogP contribution in [0, 0.1) is 0 Å². The van der Waals surface area contributed by atoms with Crippen molar-refractivity contribution >= 4 is 5.69 Å². The van der Waals surface area contributed by atoms with Crippen molar-refractivity contribution in [3.05, 3.63) is 96.1 Å². The molecule has 0 aliphatic rings. The van der Waals surface area contributed by atoms with Crippen LogP contribution in [0.4, 0.5) is 18.9 Å². The Morgan fingerprint density at radius 3 is 1.96 bits per heavy atom. The lowest BCUT2D eigenvalue weighted by Gasteiger charge is -2.24. The number of anilines is 1. The largest absolute Gasteiger partial charge is 0.486 e. The van der Waals surface area contributed by atoms with Crippen LogP contribution in [0.2, 0.25) is 0 Å². The van der Waals surface area contributed by atoms with Gasteiger partial charge in [0.15, 0.2) is 0 Å². The maximum Gasteiger partial charge on any atom is 0.416 e. The second-order valence-electron chi connectivity index (χ2n) is 6.59. The number of hydrogen-bond acceptors (Lipinski definition) is 2. The van der Waals surface area contributed by atoms with Gasteiger partial charge >= 0.3 is 6.18 Å². The topological polar surface area (TPSA) is 12.5 Å². The van der Waals surface area contributed by atoms with E-state index in [1.54, 1.807) is 0 Å². The van der Waals surface area contributed by atoms with Gasteiger partial charge in [-0.25, -0.2) is 0 Å². The Labute approximate surface area is 163 Å². The molecule has 0 fully saturated rings. The van der Waals surface area contributed by atoms with Crippen LogP contribution in [0.15, 0.2) is 84.9 Å². The van der Waals surface area contributed by atoms with Gasteiger partial charge in [0.05, 0.1) is 5.56 Å². The summed E-state index contributed by atoms with van der Waals surface area (Å²) in [6, 6.07) is 24.6. The molecule has 0 saturated carbocycles. The summed E-state index contributed by atoms with van der Waals surface area (Å²) < 4.78 is 44.4. The molecule has 0 N–H and O–H groups in total. The number of rotatable bonds is 7. The number of ether oxygens (including phenoxy) is 1. The fourth-order valence-corrected chi connectivity index (χ4v) is 2.97. The van der Waals surface area contributed by atoms with Gasteiger partial charge in [0.2, 0.25) is 0 Å². The predicted octanol–water partition coefficient (Wildman–Crippen LogP) is 6.35. The van der Waals surface area contributed by atoms with E-state index in [1.807, 2.05) is 67.7 Å². The van der Waals surface area contributed by atoms with Crippen LogP contribution in [0.3, 0.4) is 0 Å². The second kappa shape index (κ2) is 8.83. The van der Waals surface area contributed by atoms with Crippen LogP contribution < -0.4 is 9.64 Å². The maximum atomic E-state index is 12.8. The Balaban J connectivity index is 1.73. The minimum atomic E-state index is -4.35. The van der Waals surface area contributed by atoms with Crippen molar-refractivity contribution in [2.75, 3.05) is 18.5 Å². The molecule has 0 amide bonds.